The lowest BCUT2D eigenvalue weighted by molar-refractivity contribution is 0.0778. The maximum absolute atomic E-state index is 10.0. The Hall–Kier alpha value is -2.38. The van der Waals surface area contributed by atoms with Crippen molar-refractivity contribution in [3.63, 3.8) is 0 Å². The quantitative estimate of drug-likeness (QED) is 0.885. The van der Waals surface area contributed by atoms with Gasteiger partial charge in [-0.3, -0.25) is 4.90 Å². The Kier molecular flexibility index (Phi) is 4.65. The number of nitrogens with zero attached hydrogens (tertiary/aromatic N) is 4. The number of piperazine rings is 1. The second-order valence-electron chi connectivity index (χ2n) is 7.64. The zero-order valence-electron chi connectivity index (χ0n) is 16.1. The Morgan fingerprint density at radius 2 is 1.70 bits per heavy atom. The highest BCUT2D eigenvalue weighted by atomic mass is 16.7. The summed E-state index contributed by atoms with van der Waals surface area (Å²) in [6.45, 7) is 9.62. The molecule has 1 unspecified atom stereocenters. The monoisotopic (exact) mass is 370 g/mol. The van der Waals surface area contributed by atoms with Crippen molar-refractivity contribution in [1.29, 1.82) is 0 Å². The van der Waals surface area contributed by atoms with Gasteiger partial charge in [-0.1, -0.05) is 6.07 Å². The highest BCUT2D eigenvalue weighted by molar-refractivity contribution is 5.45. The number of hydrogen-bond donors (Lipinski definition) is 1. The van der Waals surface area contributed by atoms with E-state index in [0.29, 0.717) is 12.8 Å². The lowest BCUT2D eigenvalue weighted by atomic mass is 10.0. The molecule has 1 aromatic carbocycles. The van der Waals surface area contributed by atoms with Gasteiger partial charge in [0.15, 0.2) is 11.5 Å². The van der Waals surface area contributed by atoms with Crippen molar-refractivity contribution >= 4 is 5.95 Å². The minimum atomic E-state index is -0.919. The van der Waals surface area contributed by atoms with E-state index in [-0.39, 0.29) is 0 Å². The van der Waals surface area contributed by atoms with E-state index in [2.05, 4.69) is 38.8 Å². The number of benzene rings is 1. The number of rotatable bonds is 4. The van der Waals surface area contributed by atoms with Gasteiger partial charge in [0, 0.05) is 50.2 Å². The van der Waals surface area contributed by atoms with Gasteiger partial charge in [-0.2, -0.15) is 0 Å². The van der Waals surface area contributed by atoms with Crippen LogP contribution in [0.15, 0.2) is 30.6 Å². The molecule has 7 heteroatoms. The van der Waals surface area contributed by atoms with Crippen molar-refractivity contribution in [1.82, 2.24) is 14.9 Å². The number of ether oxygens (including phenoxy) is 2. The van der Waals surface area contributed by atoms with E-state index in [4.69, 9.17) is 9.47 Å². The van der Waals surface area contributed by atoms with Crippen molar-refractivity contribution in [3.05, 3.63) is 41.7 Å². The third-order valence-corrected chi connectivity index (χ3v) is 5.37. The van der Waals surface area contributed by atoms with Gasteiger partial charge >= 0.3 is 0 Å². The summed E-state index contributed by atoms with van der Waals surface area (Å²) in [5.41, 5.74) is 1.04. The van der Waals surface area contributed by atoms with Crippen molar-refractivity contribution in [2.45, 2.75) is 32.4 Å². The normalized spacial score (nSPS) is 18.6. The fourth-order valence-corrected chi connectivity index (χ4v) is 3.49. The maximum Gasteiger partial charge on any atom is 0.231 e. The Labute approximate surface area is 159 Å². The summed E-state index contributed by atoms with van der Waals surface area (Å²) in [5.74, 6) is 2.37. The molecule has 1 N–H and O–H groups in total. The predicted molar refractivity (Wildman–Crippen MR) is 102 cm³/mol. The molecule has 2 aliphatic heterocycles. The van der Waals surface area contributed by atoms with Crippen molar-refractivity contribution < 1.29 is 14.6 Å². The van der Waals surface area contributed by atoms with E-state index < -0.39 is 5.60 Å². The number of aromatic nitrogens is 2. The Morgan fingerprint density at radius 1 is 1.04 bits per heavy atom. The van der Waals surface area contributed by atoms with Crippen LogP contribution in [0.4, 0.5) is 5.95 Å². The standard InChI is InChI=1S/C20H26N4O3/c1-14(15-4-5-17-18(10-15)27-13-26-17)23-6-8-24(9-7-23)19-21-11-16(12-22-19)20(2,3)25/h4-5,10-12,14,25H,6-9,13H2,1-3H3. The number of hydrogen-bond acceptors (Lipinski definition) is 7. The molecule has 0 aliphatic carbocycles. The highest BCUT2D eigenvalue weighted by Gasteiger charge is 2.25. The molecular weight excluding hydrogens is 344 g/mol. The summed E-state index contributed by atoms with van der Waals surface area (Å²) < 4.78 is 10.9. The average Bonchev–Trinajstić information content (AvgIpc) is 3.15. The van der Waals surface area contributed by atoms with Crippen LogP contribution in [-0.4, -0.2) is 52.9 Å². The van der Waals surface area contributed by atoms with E-state index in [0.717, 1.165) is 49.2 Å². The van der Waals surface area contributed by atoms with Crippen molar-refractivity contribution in [3.8, 4) is 11.5 Å². The number of fused-ring (bicyclic) bond motifs is 1. The second-order valence-corrected chi connectivity index (χ2v) is 7.64. The maximum atomic E-state index is 10.0. The molecular formula is C20H26N4O3. The minimum Gasteiger partial charge on any atom is -0.454 e. The zero-order chi connectivity index (χ0) is 19.0. The van der Waals surface area contributed by atoms with Crippen LogP contribution in [-0.2, 0) is 5.60 Å². The van der Waals surface area contributed by atoms with Gasteiger partial charge in [-0.25, -0.2) is 9.97 Å². The smallest absolute Gasteiger partial charge is 0.231 e. The summed E-state index contributed by atoms with van der Waals surface area (Å²) in [5, 5.41) is 10.0. The van der Waals surface area contributed by atoms with Gasteiger partial charge in [0.05, 0.1) is 5.60 Å². The summed E-state index contributed by atoms with van der Waals surface area (Å²) in [6, 6.07) is 6.49. The van der Waals surface area contributed by atoms with Gasteiger partial charge in [-0.05, 0) is 38.5 Å². The van der Waals surface area contributed by atoms with Crippen LogP contribution in [0.3, 0.4) is 0 Å². The molecule has 4 rings (SSSR count). The summed E-state index contributed by atoms with van der Waals surface area (Å²) in [4.78, 5) is 13.5. The summed E-state index contributed by atoms with van der Waals surface area (Å²) >= 11 is 0. The van der Waals surface area contributed by atoms with Crippen LogP contribution >= 0.6 is 0 Å². The Morgan fingerprint density at radius 3 is 2.37 bits per heavy atom. The third kappa shape index (κ3) is 3.70. The predicted octanol–water partition coefficient (Wildman–Crippen LogP) is 2.32. The molecule has 0 radical (unpaired) electrons. The SMILES string of the molecule is CC(c1ccc2c(c1)OCO2)N1CCN(c2ncc(C(C)(C)O)cn2)CC1. The molecule has 2 aromatic rings. The first-order chi connectivity index (χ1) is 12.9. The molecule has 0 spiro atoms. The largest absolute Gasteiger partial charge is 0.454 e. The van der Waals surface area contributed by atoms with Crippen LogP contribution in [0.1, 0.15) is 37.9 Å². The molecule has 1 atom stereocenters. The van der Waals surface area contributed by atoms with Gasteiger partial charge in [-0.15, -0.1) is 0 Å². The molecule has 0 bridgehead atoms. The van der Waals surface area contributed by atoms with Crippen LogP contribution in [0.5, 0.6) is 11.5 Å². The third-order valence-electron chi connectivity index (χ3n) is 5.37. The van der Waals surface area contributed by atoms with Crippen LogP contribution in [0, 0.1) is 0 Å². The van der Waals surface area contributed by atoms with E-state index >= 15 is 0 Å². The number of anilines is 1. The van der Waals surface area contributed by atoms with Gasteiger partial charge < -0.3 is 19.5 Å². The number of aliphatic hydroxyl groups is 1. The first-order valence-corrected chi connectivity index (χ1v) is 9.35. The van der Waals surface area contributed by atoms with Crippen LogP contribution in [0.2, 0.25) is 0 Å². The second kappa shape index (κ2) is 6.98. The Bertz CT molecular complexity index is 796. The molecule has 0 amide bonds. The van der Waals surface area contributed by atoms with Crippen molar-refractivity contribution in [2.24, 2.45) is 0 Å². The zero-order valence-corrected chi connectivity index (χ0v) is 16.1. The molecule has 1 saturated heterocycles. The molecule has 1 aromatic heterocycles. The van der Waals surface area contributed by atoms with Gasteiger partial charge in [0.2, 0.25) is 12.7 Å². The van der Waals surface area contributed by atoms with Crippen molar-refractivity contribution in [2.75, 3.05) is 37.9 Å². The molecule has 144 valence electrons. The summed E-state index contributed by atoms with van der Waals surface area (Å²) in [6.07, 6.45) is 3.42. The first-order valence-electron chi connectivity index (χ1n) is 9.35. The van der Waals surface area contributed by atoms with Gasteiger partial charge in [0.1, 0.15) is 0 Å². The molecule has 7 nitrogen and oxygen atoms in total. The van der Waals surface area contributed by atoms with E-state index in [9.17, 15) is 5.11 Å². The fraction of sp³-hybridized carbons (Fsp3) is 0.500. The van der Waals surface area contributed by atoms with Gasteiger partial charge in [0.25, 0.3) is 0 Å². The molecule has 0 saturated carbocycles. The minimum absolute atomic E-state index is 0.304. The lowest BCUT2D eigenvalue weighted by Crippen LogP contribution is -2.47. The average molecular weight is 370 g/mol. The fourth-order valence-electron chi connectivity index (χ4n) is 3.49. The molecule has 27 heavy (non-hydrogen) atoms. The van der Waals surface area contributed by atoms with Crippen LogP contribution in [0.25, 0.3) is 0 Å². The molecule has 2 aliphatic rings. The molecule has 3 heterocycles. The lowest BCUT2D eigenvalue weighted by Gasteiger charge is -2.38. The summed E-state index contributed by atoms with van der Waals surface area (Å²) in [7, 11) is 0. The van der Waals surface area contributed by atoms with Crippen LogP contribution < -0.4 is 14.4 Å². The highest BCUT2D eigenvalue weighted by Crippen LogP contribution is 2.35. The van der Waals surface area contributed by atoms with E-state index in [1.807, 2.05) is 6.07 Å². The first kappa shape index (κ1) is 18.0. The topological polar surface area (TPSA) is 71.0 Å². The Balaban J connectivity index is 1.38. The van der Waals surface area contributed by atoms with E-state index in [1.54, 1.807) is 26.2 Å². The molecule has 1 fully saturated rings. The van der Waals surface area contributed by atoms with E-state index in [1.165, 1.54) is 5.56 Å².